The number of nitrogens with two attached hydrogens (primary N) is 2. The van der Waals surface area contributed by atoms with Crippen LogP contribution in [0.3, 0.4) is 0 Å². The monoisotopic (exact) mass is 809 g/mol. The standard InChI is InChI=1S/C43H43N3O13/c1-21-36(51)40(55)41(56-14-13-46-43(44)45)42(57-21)59-32-17-29-35(37(52)28(32)15-24-9-6-10-25(18-47)30(24)20-49)39(54)33-26(19-48)16-31(58-22(2)50)27(34(33)38(29)53)12-11-23-7-4-3-5-8-23/h3-12,16-17,20-21,36,40-42,47-48,51-52,55H,13-15,18-19H2,1-2H3,(H4,44,45,46)/b12-11+/t21-,36+,40+,41+,42+/m0/s1. The lowest BCUT2D eigenvalue weighted by Crippen LogP contribution is -2.59. The van der Waals surface area contributed by atoms with Crippen molar-refractivity contribution in [2.75, 3.05) is 13.2 Å². The van der Waals surface area contributed by atoms with Crippen LogP contribution < -0.4 is 20.9 Å². The smallest absolute Gasteiger partial charge is 0.308 e. The molecular weight excluding hydrogens is 766 g/mol. The van der Waals surface area contributed by atoms with E-state index in [4.69, 9.17) is 30.4 Å². The molecule has 1 fully saturated rings. The molecule has 59 heavy (non-hydrogen) atoms. The number of hydrogen-bond acceptors (Lipinski definition) is 14. The molecule has 1 aliphatic heterocycles. The molecule has 1 saturated heterocycles. The number of aliphatic hydroxyl groups excluding tert-OH is 4. The van der Waals surface area contributed by atoms with Gasteiger partial charge in [-0.2, -0.15) is 0 Å². The number of aromatic hydroxyl groups is 1. The number of phenolic OH excluding ortho intramolecular Hbond substituents is 1. The van der Waals surface area contributed by atoms with Gasteiger partial charge in [0, 0.05) is 46.7 Å². The SMILES string of the molecule is CC(=O)Oc1cc(CO)c2c(c1/C=C/c1ccccc1)C(=O)c1cc(O[C@H]3O[C@@H](C)[C@@H](O)[C@@H](O)[C@H]3OCCN=C(N)N)c(Cc3cccc(CO)c3C=O)c(O)c1C2=O. The Morgan fingerprint density at radius 1 is 0.864 bits per heavy atom. The number of guanidine groups is 1. The summed E-state index contributed by atoms with van der Waals surface area (Å²) in [5.41, 5.74) is 10.9. The average molecular weight is 810 g/mol. The predicted molar refractivity (Wildman–Crippen MR) is 212 cm³/mol. The van der Waals surface area contributed by atoms with Gasteiger partial charge in [0.1, 0.15) is 35.6 Å². The lowest BCUT2D eigenvalue weighted by molar-refractivity contribution is -0.278. The van der Waals surface area contributed by atoms with E-state index in [0.717, 1.165) is 6.92 Å². The lowest BCUT2D eigenvalue weighted by Gasteiger charge is -2.41. The first-order valence-corrected chi connectivity index (χ1v) is 18.5. The molecular formula is C43H43N3O13. The maximum atomic E-state index is 14.9. The first kappa shape index (κ1) is 42.3. The Kier molecular flexibility index (Phi) is 13.0. The van der Waals surface area contributed by atoms with Gasteiger partial charge in [0.25, 0.3) is 0 Å². The molecule has 0 unspecified atom stereocenters. The lowest BCUT2D eigenvalue weighted by atomic mass is 9.77. The van der Waals surface area contributed by atoms with E-state index in [9.17, 15) is 44.7 Å². The van der Waals surface area contributed by atoms with Gasteiger partial charge in [-0.3, -0.25) is 24.2 Å². The topological polar surface area (TPSA) is 271 Å². The number of carbonyl (C=O) groups excluding carboxylic acids is 4. The fraction of sp³-hybridized carbons (Fsp3) is 0.279. The van der Waals surface area contributed by atoms with Gasteiger partial charge in [0.15, 0.2) is 23.8 Å². The van der Waals surface area contributed by atoms with E-state index in [-0.39, 0.29) is 81.5 Å². The minimum atomic E-state index is -1.58. The number of aldehydes is 1. The first-order chi connectivity index (χ1) is 28.3. The van der Waals surface area contributed by atoms with E-state index in [0.29, 0.717) is 17.4 Å². The number of hydrogen-bond donors (Lipinski definition) is 7. The molecule has 16 heteroatoms. The Morgan fingerprint density at radius 3 is 2.24 bits per heavy atom. The molecule has 308 valence electrons. The summed E-state index contributed by atoms with van der Waals surface area (Å²) in [7, 11) is 0. The predicted octanol–water partition coefficient (Wildman–Crippen LogP) is 2.16. The largest absolute Gasteiger partial charge is 0.507 e. The van der Waals surface area contributed by atoms with Crippen LogP contribution in [0.15, 0.2) is 65.7 Å². The number of aliphatic hydroxyl groups is 4. The van der Waals surface area contributed by atoms with Crippen LogP contribution in [0.1, 0.15) is 89.4 Å². The van der Waals surface area contributed by atoms with E-state index in [1.54, 1.807) is 42.5 Å². The average Bonchev–Trinajstić information content (AvgIpc) is 3.21. The van der Waals surface area contributed by atoms with E-state index >= 15 is 0 Å². The summed E-state index contributed by atoms with van der Waals surface area (Å²) in [4.78, 5) is 58.0. The number of benzene rings is 4. The minimum Gasteiger partial charge on any atom is -0.507 e. The highest BCUT2D eigenvalue weighted by molar-refractivity contribution is 6.31. The first-order valence-electron chi connectivity index (χ1n) is 18.5. The fourth-order valence-electron chi connectivity index (χ4n) is 7.19. The highest BCUT2D eigenvalue weighted by atomic mass is 16.7. The second-order valence-electron chi connectivity index (χ2n) is 13.9. The highest BCUT2D eigenvalue weighted by Gasteiger charge is 2.46. The molecule has 1 heterocycles. The van der Waals surface area contributed by atoms with Crippen molar-refractivity contribution in [3.63, 3.8) is 0 Å². The quantitative estimate of drug-likeness (QED) is 0.0161. The van der Waals surface area contributed by atoms with Gasteiger partial charge < -0.3 is 55.9 Å². The van der Waals surface area contributed by atoms with Crippen LogP contribution in [0.25, 0.3) is 12.2 Å². The molecule has 4 aromatic rings. The summed E-state index contributed by atoms with van der Waals surface area (Å²) < 4.78 is 23.7. The third-order valence-electron chi connectivity index (χ3n) is 10.0. The summed E-state index contributed by atoms with van der Waals surface area (Å²) in [5, 5.41) is 54.5. The Labute approximate surface area is 337 Å². The molecule has 0 aromatic heterocycles. The van der Waals surface area contributed by atoms with Crippen LogP contribution in [0.4, 0.5) is 0 Å². The molecule has 2 aliphatic rings. The van der Waals surface area contributed by atoms with Gasteiger partial charge in [-0.15, -0.1) is 0 Å². The zero-order valence-electron chi connectivity index (χ0n) is 32.0. The van der Waals surface area contributed by atoms with Gasteiger partial charge in [-0.1, -0.05) is 54.6 Å². The Bertz CT molecular complexity index is 2340. The number of fused-ring (bicyclic) bond motifs is 2. The molecule has 0 spiro atoms. The van der Waals surface area contributed by atoms with Crippen molar-refractivity contribution in [3.05, 3.63) is 122 Å². The van der Waals surface area contributed by atoms with Crippen molar-refractivity contribution in [1.82, 2.24) is 0 Å². The molecule has 9 N–H and O–H groups in total. The molecule has 1 aliphatic carbocycles. The molecule has 0 saturated carbocycles. The van der Waals surface area contributed by atoms with E-state index in [2.05, 4.69) is 4.99 Å². The van der Waals surface area contributed by atoms with Gasteiger partial charge in [-0.25, -0.2) is 0 Å². The molecule has 6 rings (SSSR count). The van der Waals surface area contributed by atoms with Crippen molar-refractivity contribution >= 4 is 41.9 Å². The van der Waals surface area contributed by atoms with Crippen LogP contribution in [0, 0.1) is 0 Å². The number of aliphatic imine (C=N–C) groups is 1. The highest BCUT2D eigenvalue weighted by Crippen LogP contribution is 2.45. The van der Waals surface area contributed by atoms with Crippen LogP contribution in [0.5, 0.6) is 17.2 Å². The van der Waals surface area contributed by atoms with E-state index in [1.165, 1.54) is 31.2 Å². The number of nitrogens with zero attached hydrogens (tertiary/aromatic N) is 1. The third-order valence-corrected chi connectivity index (χ3v) is 10.0. The van der Waals surface area contributed by atoms with E-state index < -0.39 is 72.8 Å². The summed E-state index contributed by atoms with van der Waals surface area (Å²) in [6.45, 7) is 1.19. The number of rotatable bonds is 14. The van der Waals surface area contributed by atoms with Crippen molar-refractivity contribution in [3.8, 4) is 17.2 Å². The second kappa shape index (κ2) is 18.1. The van der Waals surface area contributed by atoms with Crippen LogP contribution in [0.2, 0.25) is 0 Å². The zero-order valence-corrected chi connectivity index (χ0v) is 32.0. The Balaban J connectivity index is 1.56. The molecule has 0 amide bonds. The minimum absolute atomic E-state index is 0.0350. The molecule has 16 nitrogen and oxygen atoms in total. The number of ether oxygens (including phenoxy) is 4. The van der Waals surface area contributed by atoms with Gasteiger partial charge in [-0.05, 0) is 47.4 Å². The molecule has 0 bridgehead atoms. The molecule has 0 radical (unpaired) electrons. The van der Waals surface area contributed by atoms with Gasteiger partial charge >= 0.3 is 5.97 Å². The molecule has 4 aromatic carbocycles. The van der Waals surface area contributed by atoms with Gasteiger partial charge in [0.2, 0.25) is 6.29 Å². The molecule has 5 atom stereocenters. The third kappa shape index (κ3) is 8.63. The van der Waals surface area contributed by atoms with Crippen molar-refractivity contribution < 1.29 is 63.7 Å². The Morgan fingerprint density at radius 2 is 1.58 bits per heavy atom. The summed E-state index contributed by atoms with van der Waals surface area (Å²) >= 11 is 0. The zero-order chi connectivity index (χ0) is 42.5. The van der Waals surface area contributed by atoms with Crippen LogP contribution >= 0.6 is 0 Å². The number of esters is 1. The fourth-order valence-corrected chi connectivity index (χ4v) is 7.19. The van der Waals surface area contributed by atoms with Gasteiger partial charge in [0.05, 0.1) is 38.0 Å². The maximum absolute atomic E-state index is 14.9. The van der Waals surface area contributed by atoms with Crippen molar-refractivity contribution in [1.29, 1.82) is 0 Å². The summed E-state index contributed by atoms with van der Waals surface area (Å²) in [6, 6.07) is 16.1. The summed E-state index contributed by atoms with van der Waals surface area (Å²) in [6.07, 6.45) is -3.56. The number of phenols is 1. The second-order valence-corrected chi connectivity index (χ2v) is 13.9. The van der Waals surface area contributed by atoms with Crippen LogP contribution in [-0.2, 0) is 33.9 Å². The van der Waals surface area contributed by atoms with Crippen LogP contribution in [-0.4, -0.2) is 99.2 Å². The maximum Gasteiger partial charge on any atom is 0.308 e. The normalized spacial score (nSPS) is 19.9. The van der Waals surface area contributed by atoms with Crippen molar-refractivity contribution in [2.24, 2.45) is 16.5 Å². The summed E-state index contributed by atoms with van der Waals surface area (Å²) in [5.74, 6) is -3.68. The number of carbonyl (C=O) groups is 4. The number of ketones is 2. The van der Waals surface area contributed by atoms with Crippen molar-refractivity contribution in [2.45, 2.75) is 64.2 Å². The Hall–Kier alpha value is -6.27. The van der Waals surface area contributed by atoms with E-state index in [1.807, 2.05) is 6.07 Å².